The minimum absolute atomic E-state index is 0.0247. The number of nitrogens with one attached hydrogen (secondary N) is 1. The van der Waals surface area contributed by atoms with Crippen molar-refractivity contribution in [3.05, 3.63) is 33.8 Å². The Morgan fingerprint density at radius 3 is 2.64 bits per heavy atom. The van der Waals surface area contributed by atoms with E-state index in [4.69, 9.17) is 27.9 Å². The summed E-state index contributed by atoms with van der Waals surface area (Å²) in [5.41, 5.74) is 1.10. The first-order valence-electron chi connectivity index (χ1n) is 7.81. The first kappa shape index (κ1) is 19.3. The Bertz CT molecular complexity index is 471. The van der Waals surface area contributed by atoms with Gasteiger partial charge in [-0.15, -0.1) is 0 Å². The number of carbonyl (C=O) groups excluding carboxylic acids is 1. The summed E-state index contributed by atoms with van der Waals surface area (Å²) < 4.78 is 4.87. The maximum Gasteiger partial charge on any atom is 0.325 e. The summed E-state index contributed by atoms with van der Waals surface area (Å²) in [5, 5.41) is 4.51. The second-order valence-electron chi connectivity index (χ2n) is 5.43. The summed E-state index contributed by atoms with van der Waals surface area (Å²) in [7, 11) is 1.46. The van der Waals surface area contributed by atoms with Crippen LogP contribution < -0.4 is 5.32 Å². The van der Waals surface area contributed by atoms with Gasteiger partial charge in [-0.25, -0.2) is 0 Å². The molecule has 0 spiro atoms. The third kappa shape index (κ3) is 7.04. The van der Waals surface area contributed by atoms with Gasteiger partial charge < -0.3 is 9.97 Å². The number of carbonyl (C=O) groups is 1. The van der Waals surface area contributed by atoms with Gasteiger partial charge in [-0.1, -0.05) is 49.0 Å². The summed E-state index contributed by atoms with van der Waals surface area (Å²) in [5.74, 6) is -0.0605. The molecule has 0 saturated heterocycles. The van der Waals surface area contributed by atoms with Crippen molar-refractivity contribution < 1.29 is 9.45 Å². The lowest BCUT2D eigenvalue weighted by Gasteiger charge is -2.14. The highest BCUT2D eigenvalue weighted by Crippen LogP contribution is 2.22. The van der Waals surface area contributed by atoms with Crippen molar-refractivity contribution in [3.8, 4) is 0 Å². The van der Waals surface area contributed by atoms with E-state index < -0.39 is 0 Å². The van der Waals surface area contributed by atoms with Gasteiger partial charge in [-0.2, -0.15) is 0 Å². The molecule has 0 fully saturated rings. The Morgan fingerprint density at radius 1 is 1.27 bits per heavy atom. The molecule has 0 aromatic heterocycles. The van der Waals surface area contributed by atoms with Crippen molar-refractivity contribution in [2.45, 2.75) is 45.6 Å². The Balaban J connectivity index is 2.27. The average molecular weight is 344 g/mol. The zero-order valence-corrected chi connectivity index (χ0v) is 14.8. The van der Waals surface area contributed by atoms with Gasteiger partial charge in [0.1, 0.15) is 0 Å². The van der Waals surface area contributed by atoms with Crippen LogP contribution >= 0.6 is 23.2 Å². The van der Waals surface area contributed by atoms with Gasteiger partial charge in [0.2, 0.25) is 0 Å². The molecule has 0 amide bonds. The van der Waals surface area contributed by atoms with E-state index >= 15 is 0 Å². The molecule has 0 bridgehead atoms. The molecule has 0 heterocycles. The van der Waals surface area contributed by atoms with E-state index in [1.54, 1.807) is 6.07 Å². The van der Waals surface area contributed by atoms with Crippen LogP contribution in [0.4, 0.5) is 0 Å². The Morgan fingerprint density at radius 2 is 2.00 bits per heavy atom. The molecule has 0 aliphatic heterocycles. The minimum Gasteiger partial charge on any atom is -0.543 e. The number of rotatable bonds is 10. The smallest absolute Gasteiger partial charge is 0.325 e. The zero-order valence-electron chi connectivity index (χ0n) is 13.3. The van der Waals surface area contributed by atoms with Crippen LogP contribution in [-0.2, 0) is 16.0 Å². The summed E-state index contributed by atoms with van der Waals surface area (Å²) in [6.45, 7) is 3.74. The Hall–Kier alpha value is -0.705. The molecule has 1 rings (SSSR count). The Kier molecular flexibility index (Phi) is 9.61. The summed E-state index contributed by atoms with van der Waals surface area (Å²) in [6, 6.07) is 5.63. The van der Waals surface area contributed by atoms with Gasteiger partial charge in [-0.05, 0) is 43.5 Å². The highest BCUT2D eigenvalue weighted by molar-refractivity contribution is 6.42. The van der Waals surface area contributed by atoms with Crippen LogP contribution in [0.3, 0.4) is 0 Å². The molecule has 1 aromatic carbocycles. The van der Waals surface area contributed by atoms with Crippen LogP contribution in [0.5, 0.6) is 0 Å². The number of unbranched alkanes of at least 4 members (excludes halogenated alkanes) is 1. The number of hydrogen-bond acceptors (Lipinski definition) is 3. The number of benzene rings is 1. The highest BCUT2D eigenvalue weighted by atomic mass is 35.5. The second kappa shape index (κ2) is 10.9. The molecular weight excluding hydrogens is 320 g/mol. The summed E-state index contributed by atoms with van der Waals surface area (Å²) in [6.07, 6.45) is 4.89. The number of hydrogen-bond donors (Lipinski definition) is 1. The number of halogens is 2. The van der Waals surface area contributed by atoms with Crippen LogP contribution in [0.15, 0.2) is 18.2 Å². The van der Waals surface area contributed by atoms with Crippen LogP contribution in [0.25, 0.3) is 0 Å². The molecule has 0 aliphatic rings. The first-order chi connectivity index (χ1) is 10.6. The fourth-order valence-corrected chi connectivity index (χ4v) is 2.67. The molecule has 1 unspecified atom stereocenters. The van der Waals surface area contributed by atoms with E-state index in [2.05, 4.69) is 12.2 Å². The highest BCUT2D eigenvalue weighted by Gasteiger charge is 2.17. The van der Waals surface area contributed by atoms with E-state index in [9.17, 15) is 4.79 Å². The van der Waals surface area contributed by atoms with Crippen molar-refractivity contribution in [3.63, 3.8) is 0 Å². The van der Waals surface area contributed by atoms with Crippen molar-refractivity contribution in [2.24, 2.45) is 5.92 Å². The molecule has 122 valence electrons. The van der Waals surface area contributed by atoms with Gasteiger partial charge in [0, 0.05) is 6.54 Å². The predicted molar refractivity (Wildman–Crippen MR) is 95.1 cm³/mol. The third-order valence-electron chi connectivity index (χ3n) is 3.66. The van der Waals surface area contributed by atoms with E-state index in [0.29, 0.717) is 10.0 Å². The Labute approximate surface area is 144 Å². The van der Waals surface area contributed by atoms with Crippen LogP contribution in [0.1, 0.15) is 44.6 Å². The van der Waals surface area contributed by atoms with Crippen LogP contribution in [0.2, 0.25) is 10.0 Å². The molecule has 0 aliphatic carbocycles. The maximum absolute atomic E-state index is 11.7. The van der Waals surface area contributed by atoms with E-state index in [1.807, 2.05) is 12.1 Å². The molecule has 3 nitrogen and oxygen atoms in total. The summed E-state index contributed by atoms with van der Waals surface area (Å²) >= 11 is 11.9. The lowest BCUT2D eigenvalue weighted by atomic mass is 9.96. The van der Waals surface area contributed by atoms with Crippen LogP contribution in [0, 0.1) is 5.92 Å². The zero-order chi connectivity index (χ0) is 16.4. The lowest BCUT2D eigenvalue weighted by Crippen LogP contribution is -2.20. The van der Waals surface area contributed by atoms with E-state index in [0.717, 1.165) is 50.8 Å². The van der Waals surface area contributed by atoms with Crippen LogP contribution in [-0.4, -0.2) is 20.6 Å². The largest absolute Gasteiger partial charge is 0.543 e. The maximum atomic E-state index is 11.7. The fraction of sp³-hybridized carbons (Fsp3) is 0.562. The first-order valence-corrected chi connectivity index (χ1v) is 8.56. The molecule has 6 heteroatoms. The molecule has 0 radical (unpaired) electrons. The van der Waals surface area contributed by atoms with Gasteiger partial charge in [0.15, 0.2) is 0 Å². The molecule has 1 aromatic rings. The van der Waals surface area contributed by atoms with Gasteiger partial charge in [-0.3, -0.25) is 4.79 Å². The van der Waals surface area contributed by atoms with Crippen molar-refractivity contribution in [2.75, 3.05) is 6.54 Å². The normalized spacial score (nSPS) is 12.1. The van der Waals surface area contributed by atoms with Gasteiger partial charge >= 0.3 is 8.05 Å². The monoisotopic (exact) mass is 343 g/mol. The van der Waals surface area contributed by atoms with Gasteiger partial charge in [0.25, 0.3) is 5.97 Å². The SMILES string of the molecule is BOC(=O)C(CCCC)CCCNCc1ccc(Cl)c(Cl)c1. The topological polar surface area (TPSA) is 38.3 Å². The fourth-order valence-electron chi connectivity index (χ4n) is 2.35. The quantitative estimate of drug-likeness (QED) is 0.519. The molecule has 1 atom stereocenters. The van der Waals surface area contributed by atoms with Crippen molar-refractivity contribution in [1.29, 1.82) is 0 Å². The molecular formula is C16H24BCl2NO2. The second-order valence-corrected chi connectivity index (χ2v) is 6.24. The molecule has 1 N–H and O–H groups in total. The van der Waals surface area contributed by atoms with E-state index in [-0.39, 0.29) is 11.9 Å². The molecule has 22 heavy (non-hydrogen) atoms. The minimum atomic E-state index is -0.0852. The average Bonchev–Trinajstić information content (AvgIpc) is 2.52. The van der Waals surface area contributed by atoms with Crippen molar-refractivity contribution >= 4 is 37.2 Å². The summed E-state index contributed by atoms with van der Waals surface area (Å²) in [4.78, 5) is 11.7. The predicted octanol–water partition coefficient (Wildman–Crippen LogP) is 3.76. The standard InChI is InChI=1S/C16H24BCl2NO2/c1-2-3-5-13(16(21)22-17)6-4-9-20-11-12-7-8-14(18)15(19)10-12/h7-8,10,13,20H,2-6,9,11,17H2,1H3. The van der Waals surface area contributed by atoms with Crippen molar-refractivity contribution in [1.82, 2.24) is 5.32 Å². The lowest BCUT2D eigenvalue weighted by molar-refractivity contribution is -0.139. The third-order valence-corrected chi connectivity index (χ3v) is 4.40. The molecule has 0 saturated carbocycles. The van der Waals surface area contributed by atoms with Gasteiger partial charge in [0.05, 0.1) is 16.0 Å². The van der Waals surface area contributed by atoms with E-state index in [1.165, 1.54) is 8.05 Å².